The molecule has 78 valence electrons. The molecule has 0 radical (unpaired) electrons. The molecule has 4 heteroatoms. The van der Waals surface area contributed by atoms with Crippen LogP contribution in [0, 0.1) is 5.92 Å². The van der Waals surface area contributed by atoms with Gasteiger partial charge in [0, 0.05) is 19.0 Å². The van der Waals surface area contributed by atoms with Crippen LogP contribution >= 0.6 is 11.3 Å². The third-order valence-corrected chi connectivity index (χ3v) is 3.20. The first-order valence-corrected chi connectivity index (χ1v) is 5.89. The number of nitrogens with zero attached hydrogens (tertiary/aromatic N) is 1. The molecule has 0 atom stereocenters. The van der Waals surface area contributed by atoms with Crippen LogP contribution in [0.15, 0.2) is 5.38 Å². The average Bonchev–Trinajstić information content (AvgIpc) is 2.88. The minimum absolute atomic E-state index is 0.624. The molecule has 1 N–H and O–H groups in total. The first kappa shape index (κ1) is 10.1. The van der Waals surface area contributed by atoms with Crippen molar-refractivity contribution in [1.82, 2.24) is 10.3 Å². The van der Waals surface area contributed by atoms with Gasteiger partial charge in [-0.25, -0.2) is 4.98 Å². The fourth-order valence-corrected chi connectivity index (χ4v) is 2.10. The van der Waals surface area contributed by atoms with E-state index in [2.05, 4.69) is 15.7 Å². The molecule has 2 rings (SSSR count). The summed E-state index contributed by atoms with van der Waals surface area (Å²) in [6.45, 7) is 2.68. The van der Waals surface area contributed by atoms with Gasteiger partial charge in [-0.2, -0.15) is 0 Å². The Labute approximate surface area is 88.5 Å². The topological polar surface area (TPSA) is 34.1 Å². The second-order valence-corrected chi connectivity index (χ2v) is 4.68. The lowest BCUT2D eigenvalue weighted by molar-refractivity contribution is 0.182. The lowest BCUT2D eigenvalue weighted by Crippen LogP contribution is -2.15. The predicted molar refractivity (Wildman–Crippen MR) is 57.3 cm³/mol. The molecule has 1 aromatic rings. The molecule has 14 heavy (non-hydrogen) atoms. The van der Waals surface area contributed by atoms with Crippen LogP contribution in [-0.4, -0.2) is 18.6 Å². The van der Waals surface area contributed by atoms with Crippen molar-refractivity contribution in [2.75, 3.05) is 13.7 Å². The van der Waals surface area contributed by atoms with Crippen molar-refractivity contribution in [3.63, 3.8) is 0 Å². The molecule has 0 saturated heterocycles. The smallest absolute Gasteiger partial charge is 0.107 e. The van der Waals surface area contributed by atoms with Gasteiger partial charge in [-0.05, 0) is 25.3 Å². The van der Waals surface area contributed by atoms with Crippen LogP contribution in [0.25, 0.3) is 0 Å². The molecule has 0 amide bonds. The van der Waals surface area contributed by atoms with Crippen LogP contribution in [0.1, 0.15) is 23.5 Å². The summed E-state index contributed by atoms with van der Waals surface area (Å²) in [5.74, 6) is 0.938. The first-order chi connectivity index (χ1) is 6.88. The lowest BCUT2D eigenvalue weighted by atomic mass is 10.4. The van der Waals surface area contributed by atoms with Crippen molar-refractivity contribution in [3.8, 4) is 0 Å². The molecule has 0 bridgehead atoms. The third kappa shape index (κ3) is 3.04. The number of methoxy groups -OCH3 is 1. The zero-order valence-electron chi connectivity index (χ0n) is 8.45. The average molecular weight is 212 g/mol. The fraction of sp³-hybridized carbons (Fsp3) is 0.700. The van der Waals surface area contributed by atoms with Crippen LogP contribution in [0.5, 0.6) is 0 Å². The molecule has 1 aliphatic carbocycles. The van der Waals surface area contributed by atoms with E-state index in [0.29, 0.717) is 6.61 Å². The second kappa shape index (κ2) is 4.87. The Morgan fingerprint density at radius 1 is 1.64 bits per heavy atom. The normalized spacial score (nSPS) is 16.1. The summed E-state index contributed by atoms with van der Waals surface area (Å²) < 4.78 is 5.02. The molecular weight excluding hydrogens is 196 g/mol. The molecule has 1 aliphatic rings. The zero-order chi connectivity index (χ0) is 9.80. The summed E-state index contributed by atoms with van der Waals surface area (Å²) in [5.41, 5.74) is 1.04. The largest absolute Gasteiger partial charge is 0.378 e. The minimum Gasteiger partial charge on any atom is -0.378 e. The van der Waals surface area contributed by atoms with Gasteiger partial charge in [0.1, 0.15) is 5.01 Å². The highest BCUT2D eigenvalue weighted by molar-refractivity contribution is 7.09. The standard InChI is InChI=1S/C10H16N2OS/c1-13-6-9-7-14-10(12-9)5-11-4-8-2-3-8/h7-8,11H,2-6H2,1H3. The molecule has 1 fully saturated rings. The Bertz CT molecular complexity index is 283. The number of rotatable bonds is 6. The maximum absolute atomic E-state index is 5.02. The van der Waals surface area contributed by atoms with Gasteiger partial charge in [0.15, 0.2) is 0 Å². The monoisotopic (exact) mass is 212 g/mol. The third-order valence-electron chi connectivity index (χ3n) is 2.30. The summed E-state index contributed by atoms with van der Waals surface area (Å²) in [5, 5.41) is 6.66. The molecule has 0 unspecified atom stereocenters. The van der Waals surface area contributed by atoms with E-state index in [1.165, 1.54) is 12.8 Å². The van der Waals surface area contributed by atoms with Crippen LogP contribution in [0.2, 0.25) is 0 Å². The molecule has 1 saturated carbocycles. The Morgan fingerprint density at radius 3 is 3.21 bits per heavy atom. The van der Waals surface area contributed by atoms with Crippen molar-refractivity contribution in [2.24, 2.45) is 5.92 Å². The maximum Gasteiger partial charge on any atom is 0.107 e. The predicted octanol–water partition coefficient (Wildman–Crippen LogP) is 1.79. The number of thiazole rings is 1. The SMILES string of the molecule is COCc1csc(CNCC2CC2)n1. The molecule has 0 spiro atoms. The van der Waals surface area contributed by atoms with Crippen molar-refractivity contribution < 1.29 is 4.74 Å². The van der Waals surface area contributed by atoms with Gasteiger partial charge < -0.3 is 10.1 Å². The number of aromatic nitrogens is 1. The summed E-state index contributed by atoms with van der Waals surface area (Å²) in [6.07, 6.45) is 2.81. The van der Waals surface area contributed by atoms with Gasteiger partial charge in [-0.3, -0.25) is 0 Å². The van der Waals surface area contributed by atoms with Gasteiger partial charge >= 0.3 is 0 Å². The highest BCUT2D eigenvalue weighted by Crippen LogP contribution is 2.27. The highest BCUT2D eigenvalue weighted by Gasteiger charge is 2.20. The van der Waals surface area contributed by atoms with E-state index in [1.54, 1.807) is 18.4 Å². The molecule has 1 aromatic heterocycles. The zero-order valence-corrected chi connectivity index (χ0v) is 9.27. The van der Waals surface area contributed by atoms with Gasteiger partial charge in [0.05, 0.1) is 12.3 Å². The Morgan fingerprint density at radius 2 is 2.50 bits per heavy atom. The Kier molecular flexibility index (Phi) is 3.50. The molecule has 0 aromatic carbocycles. The Hall–Kier alpha value is -0.450. The number of nitrogens with one attached hydrogen (secondary N) is 1. The van der Waals surface area contributed by atoms with Crippen molar-refractivity contribution >= 4 is 11.3 Å². The van der Waals surface area contributed by atoms with E-state index < -0.39 is 0 Å². The Balaban J connectivity index is 1.71. The van der Waals surface area contributed by atoms with Crippen molar-refractivity contribution in [2.45, 2.75) is 26.0 Å². The van der Waals surface area contributed by atoms with Crippen molar-refractivity contribution in [3.05, 3.63) is 16.1 Å². The maximum atomic E-state index is 5.02. The quantitative estimate of drug-likeness (QED) is 0.780. The number of ether oxygens (including phenoxy) is 1. The molecular formula is C10H16N2OS. The summed E-state index contributed by atoms with van der Waals surface area (Å²) >= 11 is 1.71. The molecule has 3 nitrogen and oxygen atoms in total. The van der Waals surface area contributed by atoms with E-state index in [1.807, 2.05) is 0 Å². The van der Waals surface area contributed by atoms with Gasteiger partial charge in [-0.15, -0.1) is 11.3 Å². The summed E-state index contributed by atoms with van der Waals surface area (Å²) in [7, 11) is 1.70. The van der Waals surface area contributed by atoms with E-state index in [9.17, 15) is 0 Å². The lowest BCUT2D eigenvalue weighted by Gasteiger charge is -1.99. The number of hydrogen-bond acceptors (Lipinski definition) is 4. The van der Waals surface area contributed by atoms with E-state index >= 15 is 0 Å². The number of hydrogen-bond donors (Lipinski definition) is 1. The van der Waals surface area contributed by atoms with Crippen LogP contribution in [0.3, 0.4) is 0 Å². The molecule has 1 heterocycles. The second-order valence-electron chi connectivity index (χ2n) is 3.74. The van der Waals surface area contributed by atoms with E-state index in [0.717, 1.165) is 29.7 Å². The van der Waals surface area contributed by atoms with Crippen molar-refractivity contribution in [1.29, 1.82) is 0 Å². The highest BCUT2D eigenvalue weighted by atomic mass is 32.1. The summed E-state index contributed by atoms with van der Waals surface area (Å²) in [4.78, 5) is 4.45. The van der Waals surface area contributed by atoms with Crippen LogP contribution < -0.4 is 5.32 Å². The van der Waals surface area contributed by atoms with Crippen LogP contribution in [0.4, 0.5) is 0 Å². The molecule has 0 aliphatic heterocycles. The minimum atomic E-state index is 0.624. The van der Waals surface area contributed by atoms with Crippen LogP contribution in [-0.2, 0) is 17.9 Å². The first-order valence-electron chi connectivity index (χ1n) is 5.01. The van der Waals surface area contributed by atoms with Gasteiger partial charge in [-0.1, -0.05) is 0 Å². The summed E-state index contributed by atoms with van der Waals surface area (Å²) in [6, 6.07) is 0. The van der Waals surface area contributed by atoms with E-state index in [4.69, 9.17) is 4.74 Å². The fourth-order valence-electron chi connectivity index (χ4n) is 1.35. The van der Waals surface area contributed by atoms with Gasteiger partial charge in [0.2, 0.25) is 0 Å². The van der Waals surface area contributed by atoms with Gasteiger partial charge in [0.25, 0.3) is 0 Å². The van der Waals surface area contributed by atoms with E-state index in [-0.39, 0.29) is 0 Å².